The molecule has 0 aromatic heterocycles. The molecule has 1 aromatic carbocycles. The van der Waals surface area contributed by atoms with Gasteiger partial charge < -0.3 is 20.1 Å². The summed E-state index contributed by atoms with van der Waals surface area (Å²) in [6, 6.07) is 7.74. The largest absolute Gasteiger partial charge is 0.497 e. The molecule has 0 saturated carbocycles. The average Bonchev–Trinajstić information content (AvgIpc) is 2.50. The Morgan fingerprint density at radius 1 is 1.38 bits per heavy atom. The molecule has 0 bridgehead atoms. The van der Waals surface area contributed by atoms with Gasteiger partial charge in [0.25, 0.3) is 0 Å². The van der Waals surface area contributed by atoms with Crippen molar-refractivity contribution in [2.24, 2.45) is 0 Å². The summed E-state index contributed by atoms with van der Waals surface area (Å²) in [6.45, 7) is 5.13. The van der Waals surface area contributed by atoms with Crippen LogP contribution in [-0.2, 0) is 4.79 Å². The Morgan fingerprint density at radius 3 is 2.48 bits per heavy atom. The monoisotopic (exact) mass is 294 g/mol. The van der Waals surface area contributed by atoms with Gasteiger partial charge >= 0.3 is 5.97 Å². The van der Waals surface area contributed by atoms with E-state index < -0.39 is 11.5 Å². The number of aliphatic carboxylic acids is 1. The van der Waals surface area contributed by atoms with Crippen LogP contribution >= 0.6 is 0 Å². The number of benzene rings is 1. The number of hydrogen-bond donors (Lipinski definition) is 2. The molecule has 0 aliphatic rings. The summed E-state index contributed by atoms with van der Waals surface area (Å²) in [4.78, 5) is 13.5. The zero-order valence-corrected chi connectivity index (χ0v) is 13.3. The second-order valence-corrected chi connectivity index (χ2v) is 5.43. The number of rotatable bonds is 9. The van der Waals surface area contributed by atoms with Crippen molar-refractivity contribution >= 4 is 11.7 Å². The summed E-state index contributed by atoms with van der Waals surface area (Å²) >= 11 is 0. The number of carboxylic acids is 1. The van der Waals surface area contributed by atoms with Crippen LogP contribution < -0.4 is 15.0 Å². The lowest BCUT2D eigenvalue weighted by atomic mass is 9.97. The van der Waals surface area contributed by atoms with E-state index in [1.165, 1.54) is 0 Å². The topological polar surface area (TPSA) is 61.8 Å². The summed E-state index contributed by atoms with van der Waals surface area (Å²) < 4.78 is 5.13. The van der Waals surface area contributed by atoms with Crippen molar-refractivity contribution in [3.05, 3.63) is 24.3 Å². The molecule has 0 radical (unpaired) electrons. The van der Waals surface area contributed by atoms with Crippen molar-refractivity contribution < 1.29 is 14.6 Å². The molecule has 1 aromatic rings. The van der Waals surface area contributed by atoms with Gasteiger partial charge in [0.1, 0.15) is 11.3 Å². The predicted molar refractivity (Wildman–Crippen MR) is 85.2 cm³/mol. The number of ether oxygens (including phenoxy) is 1. The second-order valence-electron chi connectivity index (χ2n) is 5.43. The van der Waals surface area contributed by atoms with Crippen LogP contribution in [0.2, 0.25) is 0 Å². The number of anilines is 1. The van der Waals surface area contributed by atoms with Crippen LogP contribution in [0.5, 0.6) is 5.75 Å². The molecule has 0 saturated heterocycles. The SMILES string of the molecule is CCCNC(C)(CCN(C)c1ccc(OC)cc1)C(=O)O. The lowest BCUT2D eigenvalue weighted by molar-refractivity contribution is -0.144. The quantitative estimate of drug-likeness (QED) is 0.732. The number of methoxy groups -OCH3 is 1. The molecule has 0 fully saturated rings. The second kappa shape index (κ2) is 7.88. The van der Waals surface area contributed by atoms with Gasteiger partial charge in [0, 0.05) is 19.3 Å². The first kappa shape index (κ1) is 17.3. The van der Waals surface area contributed by atoms with E-state index in [9.17, 15) is 9.90 Å². The maximum atomic E-state index is 11.5. The number of nitrogens with one attached hydrogen (secondary N) is 1. The first-order valence-corrected chi connectivity index (χ1v) is 7.26. The molecule has 1 unspecified atom stereocenters. The van der Waals surface area contributed by atoms with E-state index in [0.717, 1.165) is 17.9 Å². The van der Waals surface area contributed by atoms with Crippen molar-refractivity contribution in [2.45, 2.75) is 32.2 Å². The highest BCUT2D eigenvalue weighted by Crippen LogP contribution is 2.20. The first-order chi connectivity index (χ1) is 9.92. The molecule has 0 aliphatic heterocycles. The smallest absolute Gasteiger partial charge is 0.323 e. The standard InChI is InChI=1S/C16H26N2O3/c1-5-11-17-16(2,15(19)20)10-12-18(3)13-6-8-14(21-4)9-7-13/h6-9,17H,5,10-12H2,1-4H3,(H,19,20). The molecule has 5 heteroatoms. The van der Waals surface area contributed by atoms with E-state index in [0.29, 0.717) is 19.5 Å². The van der Waals surface area contributed by atoms with Gasteiger partial charge in [-0.1, -0.05) is 6.92 Å². The van der Waals surface area contributed by atoms with E-state index >= 15 is 0 Å². The van der Waals surface area contributed by atoms with E-state index in [-0.39, 0.29) is 0 Å². The average molecular weight is 294 g/mol. The Balaban J connectivity index is 2.63. The molecule has 0 spiro atoms. The van der Waals surface area contributed by atoms with E-state index in [2.05, 4.69) is 5.32 Å². The zero-order chi connectivity index (χ0) is 15.9. The van der Waals surface area contributed by atoms with Crippen molar-refractivity contribution in [1.29, 1.82) is 0 Å². The van der Waals surface area contributed by atoms with Crippen LogP contribution in [0.1, 0.15) is 26.7 Å². The van der Waals surface area contributed by atoms with Crippen LogP contribution in [0, 0.1) is 0 Å². The summed E-state index contributed by atoms with van der Waals surface area (Å²) in [5, 5.41) is 12.5. The van der Waals surface area contributed by atoms with Gasteiger partial charge in [-0.25, -0.2) is 0 Å². The Bertz CT molecular complexity index is 447. The van der Waals surface area contributed by atoms with Crippen LogP contribution in [0.25, 0.3) is 0 Å². The Morgan fingerprint density at radius 2 is 2.00 bits per heavy atom. The zero-order valence-electron chi connectivity index (χ0n) is 13.3. The first-order valence-electron chi connectivity index (χ1n) is 7.26. The number of carboxylic acid groups (broad SMARTS) is 1. The minimum atomic E-state index is -0.892. The molecule has 0 amide bonds. The van der Waals surface area contributed by atoms with E-state index in [4.69, 9.17) is 4.74 Å². The van der Waals surface area contributed by atoms with Crippen molar-refractivity contribution in [3.8, 4) is 5.75 Å². The Hall–Kier alpha value is -1.75. The fourth-order valence-electron chi connectivity index (χ4n) is 2.03. The normalized spacial score (nSPS) is 13.5. The summed E-state index contributed by atoms with van der Waals surface area (Å²) in [7, 11) is 3.60. The lowest BCUT2D eigenvalue weighted by Gasteiger charge is -2.29. The van der Waals surface area contributed by atoms with Crippen molar-refractivity contribution in [3.63, 3.8) is 0 Å². The highest BCUT2D eigenvalue weighted by Gasteiger charge is 2.32. The Kier molecular flexibility index (Phi) is 6.49. The molecular weight excluding hydrogens is 268 g/mol. The predicted octanol–water partition coefficient (Wildman–Crippen LogP) is 2.36. The third-order valence-corrected chi connectivity index (χ3v) is 3.70. The summed E-state index contributed by atoms with van der Waals surface area (Å²) in [5.41, 5.74) is 0.149. The molecule has 118 valence electrons. The van der Waals surface area contributed by atoms with Gasteiger partial charge in [-0.05, 0) is 50.6 Å². The van der Waals surface area contributed by atoms with Crippen molar-refractivity contribution in [1.82, 2.24) is 5.32 Å². The van der Waals surface area contributed by atoms with E-state index in [1.807, 2.05) is 43.1 Å². The van der Waals surface area contributed by atoms with Gasteiger partial charge in [-0.3, -0.25) is 4.79 Å². The van der Waals surface area contributed by atoms with Crippen LogP contribution in [0.15, 0.2) is 24.3 Å². The third kappa shape index (κ3) is 4.93. The fraction of sp³-hybridized carbons (Fsp3) is 0.562. The van der Waals surface area contributed by atoms with Gasteiger partial charge in [0.15, 0.2) is 0 Å². The number of nitrogens with zero attached hydrogens (tertiary/aromatic N) is 1. The lowest BCUT2D eigenvalue weighted by Crippen LogP contribution is -2.51. The number of hydrogen-bond acceptors (Lipinski definition) is 4. The maximum Gasteiger partial charge on any atom is 0.323 e. The molecule has 2 N–H and O–H groups in total. The van der Waals surface area contributed by atoms with Crippen LogP contribution in [0.3, 0.4) is 0 Å². The molecule has 0 aliphatic carbocycles. The maximum absolute atomic E-state index is 11.5. The highest BCUT2D eigenvalue weighted by atomic mass is 16.5. The third-order valence-electron chi connectivity index (χ3n) is 3.70. The molecule has 0 heterocycles. The van der Waals surface area contributed by atoms with Crippen molar-refractivity contribution in [2.75, 3.05) is 32.1 Å². The van der Waals surface area contributed by atoms with Crippen LogP contribution in [0.4, 0.5) is 5.69 Å². The summed E-state index contributed by atoms with van der Waals surface area (Å²) in [6.07, 6.45) is 1.45. The molecule has 1 atom stereocenters. The molecular formula is C16H26N2O3. The van der Waals surface area contributed by atoms with Gasteiger partial charge in [-0.2, -0.15) is 0 Å². The summed E-state index contributed by atoms with van der Waals surface area (Å²) in [5.74, 6) is 0.00576. The molecule has 21 heavy (non-hydrogen) atoms. The van der Waals surface area contributed by atoms with E-state index in [1.54, 1.807) is 14.0 Å². The number of carbonyl (C=O) groups is 1. The minimum absolute atomic E-state index is 0.533. The highest BCUT2D eigenvalue weighted by molar-refractivity contribution is 5.78. The van der Waals surface area contributed by atoms with Gasteiger partial charge in [0.2, 0.25) is 0 Å². The minimum Gasteiger partial charge on any atom is -0.497 e. The Labute approximate surface area is 126 Å². The van der Waals surface area contributed by atoms with Gasteiger partial charge in [-0.15, -0.1) is 0 Å². The fourth-order valence-corrected chi connectivity index (χ4v) is 2.03. The van der Waals surface area contributed by atoms with Gasteiger partial charge in [0.05, 0.1) is 7.11 Å². The molecule has 5 nitrogen and oxygen atoms in total. The molecule has 1 rings (SSSR count). The van der Waals surface area contributed by atoms with Crippen LogP contribution in [-0.4, -0.2) is 43.9 Å².